The third kappa shape index (κ3) is 2.21. The molecule has 0 radical (unpaired) electrons. The molecule has 1 aliphatic carbocycles. The van der Waals surface area contributed by atoms with Crippen molar-refractivity contribution < 1.29 is 0 Å². The molecule has 0 N–H and O–H groups in total. The number of nitrogens with zero attached hydrogens (tertiary/aromatic N) is 2. The van der Waals surface area contributed by atoms with Gasteiger partial charge in [-0.15, -0.1) is 0 Å². The van der Waals surface area contributed by atoms with Crippen molar-refractivity contribution in [3.63, 3.8) is 0 Å². The molecule has 104 valence electrons. The molecule has 0 aliphatic heterocycles. The zero-order valence-electron chi connectivity index (χ0n) is 11.5. The summed E-state index contributed by atoms with van der Waals surface area (Å²) in [6, 6.07) is 12.4. The van der Waals surface area contributed by atoms with Crippen molar-refractivity contribution in [3.8, 4) is 0 Å². The smallest absolute Gasteiger partial charge is 0.222 e. The molecule has 3 rings (SSSR count). The van der Waals surface area contributed by atoms with Gasteiger partial charge in [0.1, 0.15) is 5.15 Å². The highest BCUT2D eigenvalue weighted by Crippen LogP contribution is 2.57. The minimum Gasteiger partial charge on any atom is -0.222 e. The van der Waals surface area contributed by atoms with Crippen LogP contribution in [0.25, 0.3) is 0 Å². The molecule has 1 fully saturated rings. The van der Waals surface area contributed by atoms with E-state index >= 15 is 0 Å². The van der Waals surface area contributed by atoms with Crippen molar-refractivity contribution in [1.29, 1.82) is 0 Å². The Kier molecular flexibility index (Phi) is 3.47. The second-order valence-electron chi connectivity index (χ2n) is 5.83. The van der Waals surface area contributed by atoms with Crippen LogP contribution in [0.15, 0.2) is 36.4 Å². The zero-order chi connectivity index (χ0) is 14.3. The van der Waals surface area contributed by atoms with E-state index in [1.54, 1.807) is 0 Å². The Labute approximate surface area is 129 Å². The summed E-state index contributed by atoms with van der Waals surface area (Å²) in [5, 5.41) is 0.632. The highest BCUT2D eigenvalue weighted by Gasteiger charge is 2.51. The minimum absolute atomic E-state index is 0.0308. The number of hydrogen-bond donors (Lipinski definition) is 0. The number of benzene rings is 1. The van der Waals surface area contributed by atoms with Crippen LogP contribution in [-0.2, 0) is 5.41 Å². The lowest BCUT2D eigenvalue weighted by molar-refractivity contribution is 0.121. The summed E-state index contributed by atoms with van der Waals surface area (Å²) in [5.41, 5.74) is 2.26. The van der Waals surface area contributed by atoms with Crippen molar-refractivity contribution in [2.45, 2.75) is 31.6 Å². The van der Waals surface area contributed by atoms with Crippen LogP contribution in [0, 0.1) is 5.92 Å². The molecular weight excluding hydrogens is 291 g/mol. The van der Waals surface area contributed by atoms with Gasteiger partial charge in [0.05, 0.1) is 5.69 Å². The van der Waals surface area contributed by atoms with Gasteiger partial charge in [-0.2, -0.15) is 0 Å². The molecule has 1 aromatic heterocycles. The van der Waals surface area contributed by atoms with Gasteiger partial charge in [-0.25, -0.2) is 9.97 Å². The normalized spacial score (nSPS) is 29.0. The summed E-state index contributed by atoms with van der Waals surface area (Å²) >= 11 is 12.0. The molecule has 1 aromatic carbocycles. The van der Waals surface area contributed by atoms with Gasteiger partial charge in [0.2, 0.25) is 5.28 Å². The second-order valence-corrected chi connectivity index (χ2v) is 6.56. The topological polar surface area (TPSA) is 25.8 Å². The molecule has 1 saturated carbocycles. The van der Waals surface area contributed by atoms with E-state index in [-0.39, 0.29) is 10.7 Å². The van der Waals surface area contributed by atoms with E-state index in [1.165, 1.54) is 5.56 Å². The SMILES string of the molecule is CC1CC(C)(c2cc(Cl)nc(Cl)n2)C1c1ccccc1. The maximum Gasteiger partial charge on any atom is 0.224 e. The van der Waals surface area contributed by atoms with Crippen molar-refractivity contribution in [2.75, 3.05) is 0 Å². The fourth-order valence-corrected chi connectivity index (χ4v) is 4.09. The first-order chi connectivity index (χ1) is 9.50. The quantitative estimate of drug-likeness (QED) is 0.584. The lowest BCUT2D eigenvalue weighted by Crippen LogP contribution is -2.46. The molecule has 2 nitrogen and oxygen atoms in total. The molecule has 4 heteroatoms. The highest BCUT2D eigenvalue weighted by atomic mass is 35.5. The number of rotatable bonds is 2. The van der Waals surface area contributed by atoms with E-state index < -0.39 is 0 Å². The van der Waals surface area contributed by atoms with Gasteiger partial charge in [-0.3, -0.25) is 0 Å². The first kappa shape index (κ1) is 13.8. The second kappa shape index (κ2) is 5.01. The monoisotopic (exact) mass is 306 g/mol. The molecule has 0 saturated heterocycles. The van der Waals surface area contributed by atoms with Crippen molar-refractivity contribution in [2.24, 2.45) is 5.92 Å². The molecule has 1 heterocycles. The van der Waals surface area contributed by atoms with E-state index in [9.17, 15) is 0 Å². The molecule has 0 bridgehead atoms. The van der Waals surface area contributed by atoms with E-state index in [0.717, 1.165) is 12.1 Å². The van der Waals surface area contributed by atoms with Crippen LogP contribution in [0.3, 0.4) is 0 Å². The fraction of sp³-hybridized carbons (Fsp3) is 0.375. The van der Waals surface area contributed by atoms with Crippen LogP contribution >= 0.6 is 23.2 Å². The van der Waals surface area contributed by atoms with Gasteiger partial charge in [-0.05, 0) is 41.5 Å². The van der Waals surface area contributed by atoms with Crippen LogP contribution in [0.2, 0.25) is 10.4 Å². The standard InChI is InChI=1S/C16H16Cl2N2/c1-10-9-16(2,12-8-13(17)20-15(18)19-12)14(10)11-6-4-3-5-7-11/h3-8,10,14H,9H2,1-2H3. The Bertz CT molecular complexity index is 609. The first-order valence-corrected chi connectivity index (χ1v) is 7.52. The molecule has 2 aromatic rings. The van der Waals surface area contributed by atoms with Crippen LogP contribution in [-0.4, -0.2) is 9.97 Å². The minimum atomic E-state index is -0.0308. The molecule has 20 heavy (non-hydrogen) atoms. The molecule has 1 aliphatic rings. The number of hydrogen-bond acceptors (Lipinski definition) is 2. The average Bonchev–Trinajstić information content (AvgIpc) is 2.38. The van der Waals surface area contributed by atoms with Gasteiger partial charge in [0, 0.05) is 5.41 Å². The van der Waals surface area contributed by atoms with Crippen LogP contribution in [0.4, 0.5) is 0 Å². The Morgan fingerprint density at radius 2 is 1.85 bits per heavy atom. The predicted molar refractivity (Wildman–Crippen MR) is 82.4 cm³/mol. The third-order valence-corrected chi connectivity index (χ3v) is 4.78. The van der Waals surface area contributed by atoms with E-state index in [0.29, 0.717) is 17.0 Å². The summed E-state index contributed by atoms with van der Waals surface area (Å²) in [7, 11) is 0. The molecule has 0 spiro atoms. The summed E-state index contributed by atoms with van der Waals surface area (Å²) in [6.07, 6.45) is 1.08. The number of halogens is 2. The molecule has 0 amide bonds. The van der Waals surface area contributed by atoms with Gasteiger partial charge in [-0.1, -0.05) is 55.8 Å². The fourth-order valence-electron chi connectivity index (χ4n) is 3.68. The maximum absolute atomic E-state index is 6.03. The third-order valence-electron chi connectivity index (χ3n) is 4.41. The van der Waals surface area contributed by atoms with Crippen LogP contribution < -0.4 is 0 Å². The van der Waals surface area contributed by atoms with E-state index in [1.807, 2.05) is 12.1 Å². The highest BCUT2D eigenvalue weighted by molar-refractivity contribution is 6.31. The van der Waals surface area contributed by atoms with E-state index in [2.05, 4.69) is 48.1 Å². The summed E-state index contributed by atoms with van der Waals surface area (Å²) in [5.74, 6) is 1.06. The van der Waals surface area contributed by atoms with Gasteiger partial charge in [0.15, 0.2) is 0 Å². The lowest BCUT2D eigenvalue weighted by Gasteiger charge is -2.52. The Morgan fingerprint density at radius 1 is 1.15 bits per heavy atom. The average molecular weight is 307 g/mol. The molecule has 3 unspecified atom stereocenters. The number of aromatic nitrogens is 2. The zero-order valence-corrected chi connectivity index (χ0v) is 13.0. The van der Waals surface area contributed by atoms with Gasteiger partial charge >= 0.3 is 0 Å². The summed E-state index contributed by atoms with van der Waals surface area (Å²) < 4.78 is 0. The van der Waals surface area contributed by atoms with Crippen LogP contribution in [0.1, 0.15) is 37.4 Å². The first-order valence-electron chi connectivity index (χ1n) is 6.76. The van der Waals surface area contributed by atoms with Crippen LogP contribution in [0.5, 0.6) is 0 Å². The van der Waals surface area contributed by atoms with Gasteiger partial charge < -0.3 is 0 Å². The van der Waals surface area contributed by atoms with E-state index in [4.69, 9.17) is 23.2 Å². The van der Waals surface area contributed by atoms with Gasteiger partial charge in [0.25, 0.3) is 0 Å². The van der Waals surface area contributed by atoms with Crippen molar-refractivity contribution >= 4 is 23.2 Å². The largest absolute Gasteiger partial charge is 0.224 e. The maximum atomic E-state index is 6.03. The molecule has 3 atom stereocenters. The Hall–Kier alpha value is -1.12. The predicted octanol–water partition coefficient (Wildman–Crippen LogP) is 4.86. The Balaban J connectivity index is 2.03. The summed E-state index contributed by atoms with van der Waals surface area (Å²) in [6.45, 7) is 4.52. The molecular formula is C16H16Cl2N2. The summed E-state index contributed by atoms with van der Waals surface area (Å²) in [4.78, 5) is 8.35. The van der Waals surface area contributed by atoms with Crippen molar-refractivity contribution in [1.82, 2.24) is 9.97 Å². The lowest BCUT2D eigenvalue weighted by atomic mass is 9.52. The van der Waals surface area contributed by atoms with Crippen molar-refractivity contribution in [3.05, 3.63) is 58.1 Å². The Morgan fingerprint density at radius 3 is 2.45 bits per heavy atom.